The van der Waals surface area contributed by atoms with Crippen LogP contribution < -0.4 is 9.80 Å². The maximum atomic E-state index is 9.51. The van der Waals surface area contributed by atoms with Crippen molar-refractivity contribution in [1.82, 2.24) is 4.37 Å². The van der Waals surface area contributed by atoms with Crippen LogP contribution >= 0.6 is 24.2 Å². The minimum absolute atomic E-state index is 0.439. The van der Waals surface area contributed by atoms with Gasteiger partial charge in [-0.15, -0.1) is 0 Å². The van der Waals surface area contributed by atoms with Gasteiger partial charge in [0.2, 0.25) is 0 Å². The Kier molecular flexibility index (Phi) is 11.1. The minimum atomic E-state index is 0.439. The van der Waals surface area contributed by atoms with E-state index < -0.39 is 0 Å². The summed E-state index contributed by atoms with van der Waals surface area (Å²) in [6.45, 7) is 12.8. The minimum Gasteiger partial charge on any atom is -0.310 e. The number of hydrogen-bond donors (Lipinski definition) is 2. The predicted octanol–water partition coefficient (Wildman–Crippen LogP) is 15.9. The first kappa shape index (κ1) is 40.7. The molecule has 1 heterocycles. The number of hydrogen-bond acceptors (Lipinski definition) is 6. The molecule has 62 heavy (non-hydrogen) atoms. The van der Waals surface area contributed by atoms with Gasteiger partial charge in [0.15, 0.2) is 0 Å². The van der Waals surface area contributed by atoms with Gasteiger partial charge in [-0.05, 0) is 153 Å². The number of aryl methyl sites for hydroxylation is 6. The Balaban J connectivity index is 1.04. The second kappa shape index (κ2) is 17.0. The van der Waals surface area contributed by atoms with Gasteiger partial charge >= 0.3 is 0 Å². The van der Waals surface area contributed by atoms with E-state index in [0.29, 0.717) is 5.71 Å². The van der Waals surface area contributed by atoms with Crippen LogP contribution in [0.25, 0.3) is 38.7 Å². The number of benzene rings is 7. The zero-order valence-corrected chi connectivity index (χ0v) is 37.6. The highest BCUT2D eigenvalue weighted by atomic mass is 32.1. The van der Waals surface area contributed by atoms with E-state index in [1.54, 1.807) is 5.41 Å². The van der Waals surface area contributed by atoms with Crippen LogP contribution in [0.1, 0.15) is 38.9 Å². The van der Waals surface area contributed by atoms with Crippen LogP contribution in [0.2, 0.25) is 0 Å². The first-order chi connectivity index (χ1) is 30.1. The third-order valence-electron chi connectivity index (χ3n) is 11.9. The van der Waals surface area contributed by atoms with Gasteiger partial charge in [0.1, 0.15) is 0 Å². The lowest BCUT2D eigenvalue weighted by Crippen LogP contribution is -2.23. The van der Waals surface area contributed by atoms with Gasteiger partial charge in [-0.3, -0.25) is 5.41 Å². The molecule has 6 heteroatoms. The number of fused-ring (bicyclic) bond motifs is 1. The van der Waals surface area contributed by atoms with Crippen LogP contribution in [-0.4, -0.2) is 10.1 Å². The van der Waals surface area contributed by atoms with Gasteiger partial charge in [0.05, 0.1) is 22.6 Å². The Bertz CT molecular complexity index is 2990. The molecule has 8 aromatic rings. The van der Waals surface area contributed by atoms with E-state index in [9.17, 15) is 5.41 Å². The number of nitrogens with zero attached hydrogens (tertiary/aromatic N) is 3. The molecule has 1 aromatic heterocycles. The van der Waals surface area contributed by atoms with Crippen LogP contribution in [0.15, 0.2) is 180 Å². The Hall–Kier alpha value is -6.73. The van der Waals surface area contributed by atoms with E-state index in [1.807, 2.05) is 0 Å². The maximum absolute atomic E-state index is 9.51. The van der Waals surface area contributed by atoms with E-state index >= 15 is 0 Å². The molecule has 0 saturated heterocycles. The van der Waals surface area contributed by atoms with Crippen LogP contribution in [0.5, 0.6) is 0 Å². The quantitative estimate of drug-likeness (QED) is 0.142. The van der Waals surface area contributed by atoms with Gasteiger partial charge in [0, 0.05) is 50.2 Å². The average molecular weight is 841 g/mol. The van der Waals surface area contributed by atoms with Crippen molar-refractivity contribution in [2.45, 2.75) is 41.5 Å². The molecule has 7 aromatic carbocycles. The topological polar surface area (TPSA) is 43.2 Å². The molecule has 0 fully saturated rings. The molecule has 0 atom stereocenters. The monoisotopic (exact) mass is 840 g/mol. The molecule has 0 bridgehead atoms. The van der Waals surface area contributed by atoms with E-state index in [2.05, 4.69) is 227 Å². The summed E-state index contributed by atoms with van der Waals surface area (Å²) in [6, 6.07) is 52.3. The van der Waals surface area contributed by atoms with Crippen LogP contribution in [0.4, 0.5) is 28.4 Å². The first-order valence-corrected chi connectivity index (χ1v) is 22.3. The van der Waals surface area contributed by atoms with Crippen molar-refractivity contribution >= 4 is 74.8 Å². The number of thiol groups is 1. The normalized spacial score (nSPS) is 13.3. The fourth-order valence-electron chi connectivity index (χ4n) is 8.44. The summed E-state index contributed by atoms with van der Waals surface area (Å²) in [4.78, 5) is 4.55. The number of rotatable bonds is 9. The van der Waals surface area contributed by atoms with Crippen molar-refractivity contribution < 1.29 is 0 Å². The molecule has 304 valence electrons. The van der Waals surface area contributed by atoms with Crippen molar-refractivity contribution in [3.63, 3.8) is 0 Å². The molecule has 0 unspecified atom stereocenters. The van der Waals surface area contributed by atoms with Crippen molar-refractivity contribution in [2.24, 2.45) is 0 Å². The third kappa shape index (κ3) is 7.72. The van der Waals surface area contributed by atoms with Crippen molar-refractivity contribution in [2.75, 3.05) is 9.80 Å². The Morgan fingerprint density at radius 3 is 1.45 bits per heavy atom. The SMILES string of the molecule is Cc1ccc(N(C2=CC=C(c3ccc(-c4ccc(-c5ccc(N(c6ccc(C)cc6)c6ccc(C)cc6)c6csnc56)cc4C)c(C)c3)C(=N)/C2=C\S)c2ccc(C)cc2)cc1. The summed E-state index contributed by atoms with van der Waals surface area (Å²) in [5.41, 5.74) is 22.2. The molecular formula is C56H48N4S2. The predicted molar refractivity (Wildman–Crippen MR) is 269 cm³/mol. The fraction of sp³-hybridized carbons (Fsp3) is 0.107. The summed E-state index contributed by atoms with van der Waals surface area (Å²) in [7, 11) is 0. The summed E-state index contributed by atoms with van der Waals surface area (Å²) in [6.07, 6.45) is 4.20. The zero-order valence-electron chi connectivity index (χ0n) is 35.9. The summed E-state index contributed by atoms with van der Waals surface area (Å²) < 4.78 is 4.98. The number of nitrogens with one attached hydrogen (secondary N) is 1. The largest absolute Gasteiger partial charge is 0.310 e. The van der Waals surface area contributed by atoms with E-state index in [-0.39, 0.29) is 0 Å². The highest BCUT2D eigenvalue weighted by molar-refractivity contribution is 7.83. The van der Waals surface area contributed by atoms with Crippen molar-refractivity contribution in [1.29, 1.82) is 5.41 Å². The average Bonchev–Trinajstić information content (AvgIpc) is 3.78. The molecule has 1 aliphatic rings. The van der Waals surface area contributed by atoms with Gasteiger partial charge in [-0.1, -0.05) is 119 Å². The van der Waals surface area contributed by atoms with E-state index in [4.69, 9.17) is 4.37 Å². The number of anilines is 5. The Labute approximate surface area is 374 Å². The standard InChI is InChI=1S/C56H48N4S2/c1-35-7-17-43(18-8-35)59(44-19-9-36(2)10-20-44)53-29-27-49(55(57)51(53)33-61)41-15-25-47(39(5)31-41)48-26-16-42(32-40(48)6)50-28-30-54(52-34-62-58-56(50)52)60(45-21-11-37(3)12-22-45)46-23-13-38(4)14-24-46/h7-34,57,61H,1-6H3/b51-33-,57-55?. The Morgan fingerprint density at radius 2 is 0.968 bits per heavy atom. The lowest BCUT2D eigenvalue weighted by atomic mass is 9.87. The molecule has 0 amide bonds. The van der Waals surface area contributed by atoms with E-state index in [0.717, 1.165) is 78.4 Å². The molecule has 0 saturated carbocycles. The molecule has 1 aliphatic carbocycles. The van der Waals surface area contributed by atoms with Gasteiger partial charge < -0.3 is 9.80 Å². The fourth-order valence-corrected chi connectivity index (χ4v) is 9.40. The Morgan fingerprint density at radius 1 is 0.516 bits per heavy atom. The molecule has 0 spiro atoms. The van der Waals surface area contributed by atoms with Crippen molar-refractivity contribution in [3.05, 3.63) is 219 Å². The number of aromatic nitrogens is 1. The highest BCUT2D eigenvalue weighted by Crippen LogP contribution is 2.44. The number of allylic oxidation sites excluding steroid dienone is 4. The second-order valence-electron chi connectivity index (χ2n) is 16.3. The molecule has 9 rings (SSSR count). The lowest BCUT2D eigenvalue weighted by Gasteiger charge is -2.32. The zero-order chi connectivity index (χ0) is 43.1. The smallest absolute Gasteiger partial charge is 0.0940 e. The molecule has 4 nitrogen and oxygen atoms in total. The molecular weight excluding hydrogens is 793 g/mol. The lowest BCUT2D eigenvalue weighted by molar-refractivity contribution is 1.18. The third-order valence-corrected chi connectivity index (χ3v) is 12.8. The van der Waals surface area contributed by atoms with Gasteiger partial charge in [-0.2, -0.15) is 17.0 Å². The summed E-state index contributed by atoms with van der Waals surface area (Å²) in [5.74, 6) is 0. The summed E-state index contributed by atoms with van der Waals surface area (Å²) >= 11 is 6.18. The second-order valence-corrected chi connectivity index (χ2v) is 17.2. The van der Waals surface area contributed by atoms with Crippen LogP contribution in [-0.2, 0) is 0 Å². The van der Waals surface area contributed by atoms with Crippen molar-refractivity contribution in [3.8, 4) is 22.3 Å². The van der Waals surface area contributed by atoms with Gasteiger partial charge in [0.25, 0.3) is 0 Å². The van der Waals surface area contributed by atoms with Crippen LogP contribution in [0, 0.1) is 47.0 Å². The highest BCUT2D eigenvalue weighted by Gasteiger charge is 2.26. The molecule has 1 N–H and O–H groups in total. The first-order valence-electron chi connectivity index (χ1n) is 20.9. The maximum Gasteiger partial charge on any atom is 0.0940 e. The van der Waals surface area contributed by atoms with E-state index in [1.165, 1.54) is 50.5 Å². The van der Waals surface area contributed by atoms with Gasteiger partial charge in [-0.25, -0.2) is 0 Å². The molecule has 0 aliphatic heterocycles. The summed E-state index contributed by atoms with van der Waals surface area (Å²) in [5, 5.41) is 14.6. The molecule has 0 radical (unpaired) electrons. The van der Waals surface area contributed by atoms with Crippen LogP contribution in [0.3, 0.4) is 0 Å².